The van der Waals surface area contributed by atoms with Gasteiger partial charge >= 0.3 is 18.0 Å². The molecule has 4 amide bonds. The van der Waals surface area contributed by atoms with Crippen molar-refractivity contribution in [3.05, 3.63) is 24.0 Å². The standard InChI is InChI=1S/C17H21FN4O4/c1-17(14(23)24)5-8-21(10-17)16(26)20-11-3-4-12(18)13(9-11)22-7-2-6-19-15(22)25/h3-4,9H,2,5-8,10H2,1H3,(H,19,25)(H,20,26)(H,23,24). The van der Waals surface area contributed by atoms with Gasteiger partial charge in [0.15, 0.2) is 0 Å². The molecule has 1 unspecified atom stereocenters. The molecule has 0 bridgehead atoms. The molecule has 0 radical (unpaired) electrons. The van der Waals surface area contributed by atoms with E-state index in [0.717, 1.165) is 0 Å². The fourth-order valence-corrected chi connectivity index (χ4v) is 3.17. The molecule has 0 aliphatic carbocycles. The zero-order chi connectivity index (χ0) is 18.9. The minimum absolute atomic E-state index is 0.0943. The predicted molar refractivity (Wildman–Crippen MR) is 92.7 cm³/mol. The molecule has 2 fully saturated rings. The summed E-state index contributed by atoms with van der Waals surface area (Å²) in [6, 6.07) is 3.18. The number of hydrogen-bond acceptors (Lipinski definition) is 3. The highest BCUT2D eigenvalue weighted by Crippen LogP contribution is 2.31. The van der Waals surface area contributed by atoms with Gasteiger partial charge in [0.05, 0.1) is 11.1 Å². The van der Waals surface area contributed by atoms with Crippen molar-refractivity contribution in [1.29, 1.82) is 0 Å². The molecule has 1 aromatic rings. The molecular weight excluding hydrogens is 343 g/mol. The summed E-state index contributed by atoms with van der Waals surface area (Å²) in [5.74, 6) is -1.49. The number of rotatable bonds is 3. The lowest BCUT2D eigenvalue weighted by atomic mass is 9.90. The van der Waals surface area contributed by atoms with Gasteiger partial charge in [-0.1, -0.05) is 0 Å². The lowest BCUT2D eigenvalue weighted by Gasteiger charge is -2.28. The van der Waals surface area contributed by atoms with E-state index < -0.39 is 23.2 Å². The first-order chi connectivity index (χ1) is 12.3. The Bertz CT molecular complexity index is 756. The number of nitrogens with zero attached hydrogens (tertiary/aromatic N) is 2. The Morgan fingerprint density at radius 3 is 2.77 bits per heavy atom. The third kappa shape index (κ3) is 3.42. The van der Waals surface area contributed by atoms with Crippen LogP contribution in [0.2, 0.25) is 0 Å². The maximum atomic E-state index is 14.1. The van der Waals surface area contributed by atoms with Gasteiger partial charge in [-0.15, -0.1) is 0 Å². The van der Waals surface area contributed by atoms with Crippen molar-refractivity contribution in [2.75, 3.05) is 36.4 Å². The minimum atomic E-state index is -0.961. The normalized spacial score (nSPS) is 22.9. The van der Waals surface area contributed by atoms with Crippen LogP contribution in [0, 0.1) is 11.2 Å². The summed E-state index contributed by atoms with van der Waals surface area (Å²) in [6.45, 7) is 2.98. The number of likely N-dealkylation sites (tertiary alicyclic amines) is 1. The quantitative estimate of drug-likeness (QED) is 0.764. The number of carboxylic acids is 1. The zero-order valence-electron chi connectivity index (χ0n) is 14.4. The van der Waals surface area contributed by atoms with Gasteiger partial charge in [0.2, 0.25) is 0 Å². The fraction of sp³-hybridized carbons (Fsp3) is 0.471. The summed E-state index contributed by atoms with van der Waals surface area (Å²) in [7, 11) is 0. The lowest BCUT2D eigenvalue weighted by Crippen LogP contribution is -2.46. The molecule has 2 heterocycles. The second kappa shape index (κ2) is 6.81. The molecule has 3 N–H and O–H groups in total. The third-order valence-electron chi connectivity index (χ3n) is 4.84. The highest BCUT2D eigenvalue weighted by Gasteiger charge is 2.42. The van der Waals surface area contributed by atoms with Gasteiger partial charge in [-0.3, -0.25) is 9.69 Å². The van der Waals surface area contributed by atoms with E-state index >= 15 is 0 Å². The number of carbonyl (C=O) groups is 3. The Morgan fingerprint density at radius 2 is 2.12 bits per heavy atom. The number of halogens is 1. The van der Waals surface area contributed by atoms with Crippen LogP contribution in [0.4, 0.5) is 25.4 Å². The van der Waals surface area contributed by atoms with Crippen LogP contribution in [-0.4, -0.2) is 54.2 Å². The number of nitrogens with one attached hydrogen (secondary N) is 2. The molecule has 1 atom stereocenters. The van der Waals surface area contributed by atoms with Gasteiger partial charge in [0, 0.05) is 31.9 Å². The number of carbonyl (C=O) groups excluding carboxylic acids is 2. The van der Waals surface area contributed by atoms with Gasteiger partial charge in [-0.2, -0.15) is 0 Å². The number of aliphatic carboxylic acids is 1. The SMILES string of the molecule is CC1(C(=O)O)CCN(C(=O)Nc2ccc(F)c(N3CCCNC3=O)c2)C1. The molecule has 140 valence electrons. The number of hydrogen-bond donors (Lipinski definition) is 3. The maximum absolute atomic E-state index is 14.1. The first kappa shape index (κ1) is 18.0. The zero-order valence-corrected chi connectivity index (χ0v) is 14.4. The molecule has 1 aromatic carbocycles. The Balaban J connectivity index is 1.72. The van der Waals surface area contributed by atoms with E-state index in [0.29, 0.717) is 38.2 Å². The molecule has 9 heteroatoms. The summed E-state index contributed by atoms with van der Waals surface area (Å²) < 4.78 is 14.1. The van der Waals surface area contributed by atoms with Crippen molar-refractivity contribution in [2.45, 2.75) is 19.8 Å². The molecule has 2 aliphatic heterocycles. The van der Waals surface area contributed by atoms with Crippen LogP contribution in [0.3, 0.4) is 0 Å². The third-order valence-corrected chi connectivity index (χ3v) is 4.84. The van der Waals surface area contributed by atoms with E-state index in [4.69, 9.17) is 0 Å². The van der Waals surface area contributed by atoms with Gasteiger partial charge in [0.1, 0.15) is 5.82 Å². The summed E-state index contributed by atoms with van der Waals surface area (Å²) >= 11 is 0. The van der Waals surface area contributed by atoms with E-state index in [2.05, 4.69) is 10.6 Å². The number of amides is 4. The molecule has 26 heavy (non-hydrogen) atoms. The fourth-order valence-electron chi connectivity index (χ4n) is 3.17. The van der Waals surface area contributed by atoms with Crippen LogP contribution < -0.4 is 15.5 Å². The Kier molecular flexibility index (Phi) is 4.71. The maximum Gasteiger partial charge on any atom is 0.321 e. The highest BCUT2D eigenvalue weighted by atomic mass is 19.1. The van der Waals surface area contributed by atoms with Crippen molar-refractivity contribution in [2.24, 2.45) is 5.41 Å². The Hall–Kier alpha value is -2.84. The van der Waals surface area contributed by atoms with Crippen LogP contribution in [0.5, 0.6) is 0 Å². The van der Waals surface area contributed by atoms with E-state index in [9.17, 15) is 23.9 Å². The number of anilines is 2. The molecule has 0 saturated carbocycles. The minimum Gasteiger partial charge on any atom is -0.481 e. The predicted octanol–water partition coefficient (Wildman–Crippen LogP) is 2.07. The molecule has 0 aromatic heterocycles. The molecule has 2 saturated heterocycles. The van der Waals surface area contributed by atoms with E-state index in [-0.39, 0.29) is 18.3 Å². The first-order valence-electron chi connectivity index (χ1n) is 8.44. The number of urea groups is 2. The highest BCUT2D eigenvalue weighted by molar-refractivity contribution is 5.95. The van der Waals surface area contributed by atoms with Crippen LogP contribution >= 0.6 is 0 Å². The average Bonchev–Trinajstić information content (AvgIpc) is 3.01. The first-order valence-corrected chi connectivity index (χ1v) is 8.44. The summed E-state index contributed by atoms with van der Waals surface area (Å²) in [5, 5.41) is 14.6. The van der Waals surface area contributed by atoms with Crippen molar-refractivity contribution in [3.8, 4) is 0 Å². The molecule has 2 aliphatic rings. The number of carboxylic acid groups (broad SMARTS) is 1. The van der Waals surface area contributed by atoms with Crippen molar-refractivity contribution >= 4 is 29.4 Å². The second-order valence-electron chi connectivity index (χ2n) is 6.87. The summed E-state index contributed by atoms with van der Waals surface area (Å²) in [6.07, 6.45) is 1.07. The smallest absolute Gasteiger partial charge is 0.321 e. The largest absolute Gasteiger partial charge is 0.481 e. The lowest BCUT2D eigenvalue weighted by molar-refractivity contribution is -0.146. The van der Waals surface area contributed by atoms with Crippen LogP contribution in [0.15, 0.2) is 18.2 Å². The molecule has 0 spiro atoms. The summed E-state index contributed by atoms with van der Waals surface area (Å²) in [5.41, 5.74) is -0.525. The second-order valence-corrected chi connectivity index (χ2v) is 6.87. The van der Waals surface area contributed by atoms with Gasteiger partial charge in [0.25, 0.3) is 0 Å². The van der Waals surface area contributed by atoms with Crippen molar-refractivity contribution in [3.63, 3.8) is 0 Å². The van der Waals surface area contributed by atoms with Gasteiger partial charge in [-0.05, 0) is 38.0 Å². The number of benzene rings is 1. The molecular formula is C17H21FN4O4. The van der Waals surface area contributed by atoms with E-state index in [1.54, 1.807) is 6.92 Å². The van der Waals surface area contributed by atoms with E-state index in [1.807, 2.05) is 0 Å². The Morgan fingerprint density at radius 1 is 1.35 bits per heavy atom. The van der Waals surface area contributed by atoms with Crippen LogP contribution in [0.1, 0.15) is 19.8 Å². The average molecular weight is 364 g/mol. The van der Waals surface area contributed by atoms with Gasteiger partial charge < -0.3 is 20.6 Å². The van der Waals surface area contributed by atoms with Crippen LogP contribution in [-0.2, 0) is 4.79 Å². The van der Waals surface area contributed by atoms with Crippen molar-refractivity contribution < 1.29 is 23.9 Å². The van der Waals surface area contributed by atoms with E-state index in [1.165, 1.54) is 28.0 Å². The Labute approximate surface area is 149 Å². The van der Waals surface area contributed by atoms with Crippen LogP contribution in [0.25, 0.3) is 0 Å². The monoisotopic (exact) mass is 364 g/mol. The molecule has 8 nitrogen and oxygen atoms in total. The summed E-state index contributed by atoms with van der Waals surface area (Å²) in [4.78, 5) is 38.3. The van der Waals surface area contributed by atoms with Crippen molar-refractivity contribution in [1.82, 2.24) is 10.2 Å². The molecule has 3 rings (SSSR count). The topological polar surface area (TPSA) is 102 Å². The van der Waals surface area contributed by atoms with Gasteiger partial charge in [-0.25, -0.2) is 14.0 Å².